The van der Waals surface area contributed by atoms with Crippen LogP contribution in [0.3, 0.4) is 0 Å². The molecule has 1 N–H and O–H groups in total. The maximum atomic E-state index is 11.3. The first-order chi connectivity index (χ1) is 9.19. The number of pyridine rings is 1. The topological polar surface area (TPSA) is 79.5 Å². The molecule has 0 atom stereocenters. The van der Waals surface area contributed by atoms with Crippen LogP contribution in [0.15, 0.2) is 30.5 Å². The van der Waals surface area contributed by atoms with Gasteiger partial charge in [-0.1, -0.05) is 0 Å². The summed E-state index contributed by atoms with van der Waals surface area (Å²) in [5, 5.41) is 20.9. The summed E-state index contributed by atoms with van der Waals surface area (Å²) in [6, 6.07) is 6.82. The predicted molar refractivity (Wildman–Crippen MR) is 73.4 cm³/mol. The van der Waals surface area contributed by atoms with E-state index in [0.717, 1.165) is 0 Å². The van der Waals surface area contributed by atoms with Crippen LogP contribution in [0.25, 0.3) is 10.9 Å². The van der Waals surface area contributed by atoms with E-state index in [4.69, 9.17) is 5.11 Å². The van der Waals surface area contributed by atoms with Crippen LogP contribution in [-0.2, 0) is 0 Å². The fourth-order valence-corrected chi connectivity index (χ4v) is 2.14. The van der Waals surface area contributed by atoms with Gasteiger partial charge < -0.3 is 10.0 Å². The number of nitro groups is 1. The molecule has 100 valence electrons. The van der Waals surface area contributed by atoms with E-state index in [1.165, 1.54) is 0 Å². The zero-order valence-corrected chi connectivity index (χ0v) is 10.6. The number of likely N-dealkylation sites (N-methyl/N-ethyl adjacent to an activating group) is 1. The fourth-order valence-electron chi connectivity index (χ4n) is 2.14. The van der Waals surface area contributed by atoms with Gasteiger partial charge in [0.15, 0.2) is 0 Å². The number of anilines is 1. The SMILES string of the molecule is CCN(CCO)c1ccc2ncccc2c1[N+](=O)[O-]. The van der Waals surface area contributed by atoms with Crippen LogP contribution in [0.4, 0.5) is 11.4 Å². The minimum absolute atomic E-state index is 0.0425. The minimum Gasteiger partial charge on any atom is -0.395 e. The summed E-state index contributed by atoms with van der Waals surface area (Å²) in [7, 11) is 0. The Balaban J connectivity index is 2.66. The van der Waals surface area contributed by atoms with Gasteiger partial charge in [-0.15, -0.1) is 0 Å². The monoisotopic (exact) mass is 261 g/mol. The van der Waals surface area contributed by atoms with E-state index in [-0.39, 0.29) is 17.2 Å². The van der Waals surface area contributed by atoms with Crippen LogP contribution in [0.2, 0.25) is 0 Å². The third-order valence-electron chi connectivity index (χ3n) is 3.01. The molecule has 2 rings (SSSR count). The first-order valence-electron chi connectivity index (χ1n) is 6.07. The summed E-state index contributed by atoms with van der Waals surface area (Å²) >= 11 is 0. The number of fused-ring (bicyclic) bond motifs is 1. The Hall–Kier alpha value is -2.21. The van der Waals surface area contributed by atoms with Crippen molar-refractivity contribution in [2.45, 2.75) is 6.92 Å². The lowest BCUT2D eigenvalue weighted by molar-refractivity contribution is -0.382. The van der Waals surface area contributed by atoms with Crippen LogP contribution in [0.5, 0.6) is 0 Å². The molecule has 0 aliphatic carbocycles. The molecule has 0 aliphatic rings. The second kappa shape index (κ2) is 5.62. The molecule has 6 heteroatoms. The lowest BCUT2D eigenvalue weighted by Gasteiger charge is -2.22. The highest BCUT2D eigenvalue weighted by molar-refractivity contribution is 5.94. The Kier molecular flexibility index (Phi) is 3.91. The van der Waals surface area contributed by atoms with E-state index < -0.39 is 0 Å². The highest BCUT2D eigenvalue weighted by Crippen LogP contribution is 2.34. The quantitative estimate of drug-likeness (QED) is 0.657. The molecule has 1 aromatic heterocycles. The molecular formula is C13H15N3O3. The van der Waals surface area contributed by atoms with Crippen molar-refractivity contribution in [1.82, 2.24) is 4.98 Å². The van der Waals surface area contributed by atoms with Gasteiger partial charge in [0.2, 0.25) is 0 Å². The number of benzene rings is 1. The first-order valence-corrected chi connectivity index (χ1v) is 6.07. The van der Waals surface area contributed by atoms with Gasteiger partial charge in [0.25, 0.3) is 0 Å². The molecule has 2 aromatic rings. The summed E-state index contributed by atoms with van der Waals surface area (Å²) in [5.74, 6) is 0. The van der Waals surface area contributed by atoms with Crippen molar-refractivity contribution in [2.24, 2.45) is 0 Å². The lowest BCUT2D eigenvalue weighted by atomic mass is 10.1. The van der Waals surface area contributed by atoms with Crippen molar-refractivity contribution in [3.05, 3.63) is 40.6 Å². The summed E-state index contributed by atoms with van der Waals surface area (Å²) in [6.07, 6.45) is 1.61. The molecule has 0 bridgehead atoms. The zero-order valence-electron chi connectivity index (χ0n) is 10.6. The molecule has 1 heterocycles. The van der Waals surface area contributed by atoms with Crippen molar-refractivity contribution in [1.29, 1.82) is 0 Å². The maximum Gasteiger partial charge on any atom is 0.301 e. The van der Waals surface area contributed by atoms with Gasteiger partial charge in [0, 0.05) is 19.3 Å². The number of aliphatic hydroxyl groups is 1. The van der Waals surface area contributed by atoms with Gasteiger partial charge in [-0.25, -0.2) is 0 Å². The van der Waals surface area contributed by atoms with Crippen LogP contribution in [-0.4, -0.2) is 34.7 Å². The van der Waals surface area contributed by atoms with Crippen LogP contribution in [0.1, 0.15) is 6.92 Å². The highest BCUT2D eigenvalue weighted by Gasteiger charge is 2.22. The molecule has 0 fully saturated rings. The third-order valence-corrected chi connectivity index (χ3v) is 3.01. The molecule has 0 amide bonds. The molecule has 0 radical (unpaired) electrons. The molecule has 1 aromatic carbocycles. The van der Waals surface area contributed by atoms with E-state index in [2.05, 4.69) is 4.98 Å². The number of aromatic nitrogens is 1. The molecule has 19 heavy (non-hydrogen) atoms. The summed E-state index contributed by atoms with van der Waals surface area (Å²) in [6.45, 7) is 2.80. The van der Waals surface area contributed by atoms with Crippen LogP contribution < -0.4 is 4.90 Å². The first kappa shape index (κ1) is 13.2. The van der Waals surface area contributed by atoms with Crippen molar-refractivity contribution in [3.63, 3.8) is 0 Å². The van der Waals surface area contributed by atoms with Gasteiger partial charge in [-0.3, -0.25) is 15.1 Å². The van der Waals surface area contributed by atoms with Gasteiger partial charge >= 0.3 is 5.69 Å². The number of nitrogens with zero attached hydrogens (tertiary/aromatic N) is 3. The van der Waals surface area contributed by atoms with E-state index >= 15 is 0 Å². The average Bonchev–Trinajstić information content (AvgIpc) is 2.43. The predicted octanol–water partition coefficient (Wildman–Crippen LogP) is 1.96. The number of rotatable bonds is 5. The molecular weight excluding hydrogens is 246 g/mol. The Labute approximate surface area is 110 Å². The summed E-state index contributed by atoms with van der Waals surface area (Å²) in [5.41, 5.74) is 1.15. The Morgan fingerprint density at radius 2 is 2.21 bits per heavy atom. The van der Waals surface area contributed by atoms with Crippen molar-refractivity contribution in [3.8, 4) is 0 Å². The van der Waals surface area contributed by atoms with Crippen molar-refractivity contribution >= 4 is 22.3 Å². The molecule has 0 saturated carbocycles. The van der Waals surface area contributed by atoms with Gasteiger partial charge in [-0.2, -0.15) is 0 Å². The van der Waals surface area contributed by atoms with Gasteiger partial charge in [0.05, 0.1) is 22.4 Å². The Morgan fingerprint density at radius 1 is 1.42 bits per heavy atom. The van der Waals surface area contributed by atoms with E-state index in [1.807, 2.05) is 6.92 Å². The fraction of sp³-hybridized carbons (Fsp3) is 0.308. The number of nitro benzene ring substituents is 1. The highest BCUT2D eigenvalue weighted by atomic mass is 16.6. The minimum atomic E-state index is -0.390. The van der Waals surface area contributed by atoms with Crippen molar-refractivity contribution in [2.75, 3.05) is 24.6 Å². The second-order valence-corrected chi connectivity index (χ2v) is 4.06. The molecule has 0 saturated heterocycles. The normalized spacial score (nSPS) is 10.6. The standard InChI is InChI=1S/C13H15N3O3/c1-2-15(8-9-17)12-6-5-11-10(4-3-7-14-11)13(12)16(18)19/h3-7,17H,2,8-9H2,1H3. The number of hydrogen-bond donors (Lipinski definition) is 1. The van der Waals surface area contributed by atoms with Crippen LogP contribution in [0, 0.1) is 10.1 Å². The van der Waals surface area contributed by atoms with Crippen molar-refractivity contribution < 1.29 is 10.0 Å². The van der Waals surface area contributed by atoms with Gasteiger partial charge in [0.1, 0.15) is 5.69 Å². The zero-order chi connectivity index (χ0) is 13.8. The van der Waals surface area contributed by atoms with E-state index in [1.54, 1.807) is 35.4 Å². The smallest absolute Gasteiger partial charge is 0.301 e. The summed E-state index contributed by atoms with van der Waals surface area (Å²) in [4.78, 5) is 16.9. The third kappa shape index (κ3) is 2.48. The molecule has 0 spiro atoms. The Bertz CT molecular complexity index is 601. The molecule has 0 unspecified atom stereocenters. The van der Waals surface area contributed by atoms with Gasteiger partial charge in [-0.05, 0) is 31.2 Å². The summed E-state index contributed by atoms with van der Waals surface area (Å²) < 4.78 is 0. The number of hydrogen-bond acceptors (Lipinski definition) is 5. The second-order valence-electron chi connectivity index (χ2n) is 4.06. The molecule has 6 nitrogen and oxygen atoms in total. The average molecular weight is 261 g/mol. The largest absolute Gasteiger partial charge is 0.395 e. The Morgan fingerprint density at radius 3 is 2.84 bits per heavy atom. The number of aliphatic hydroxyl groups excluding tert-OH is 1. The van der Waals surface area contributed by atoms with E-state index in [9.17, 15) is 10.1 Å². The van der Waals surface area contributed by atoms with E-state index in [0.29, 0.717) is 29.7 Å². The lowest BCUT2D eigenvalue weighted by Crippen LogP contribution is -2.26. The maximum absolute atomic E-state index is 11.3. The van der Waals surface area contributed by atoms with Crippen LogP contribution >= 0.6 is 0 Å². The molecule has 0 aliphatic heterocycles.